The Morgan fingerprint density at radius 1 is 1.56 bits per heavy atom. The molecule has 0 atom stereocenters. The van der Waals surface area contributed by atoms with Crippen molar-refractivity contribution < 1.29 is 0 Å². The molecule has 0 bridgehead atoms. The van der Waals surface area contributed by atoms with Crippen LogP contribution in [0.1, 0.15) is 18.3 Å². The summed E-state index contributed by atoms with van der Waals surface area (Å²) in [4.78, 5) is 4.54. The number of nitrogens with one attached hydrogen (secondary N) is 1. The highest BCUT2D eigenvalue weighted by Gasteiger charge is 2.07. The third-order valence-electron chi connectivity index (χ3n) is 2.52. The summed E-state index contributed by atoms with van der Waals surface area (Å²) in [7, 11) is 0. The van der Waals surface area contributed by atoms with Crippen LogP contribution in [0.5, 0.6) is 0 Å². The van der Waals surface area contributed by atoms with Crippen LogP contribution in [0.4, 0.5) is 5.82 Å². The maximum absolute atomic E-state index is 5.64. The van der Waals surface area contributed by atoms with E-state index in [1.807, 2.05) is 17.6 Å². The smallest absolute Gasteiger partial charge is 0.152 e. The third kappa shape index (κ3) is 2.62. The normalized spacial score (nSPS) is 10.3. The topological polar surface area (TPSA) is 81.7 Å². The van der Waals surface area contributed by atoms with Crippen molar-refractivity contribution in [1.29, 1.82) is 0 Å². The highest BCUT2D eigenvalue weighted by molar-refractivity contribution is 7.80. The summed E-state index contributed by atoms with van der Waals surface area (Å²) in [6.45, 7) is 3.39. The second-order valence-corrected chi connectivity index (χ2v) is 4.09. The minimum Gasteiger partial charge on any atom is -0.389 e. The number of nitrogens with two attached hydrogens (primary N) is 1. The molecule has 0 aliphatic heterocycles. The molecule has 0 saturated heterocycles. The van der Waals surface area contributed by atoms with Gasteiger partial charge in [-0.15, -0.1) is 10.2 Å². The van der Waals surface area contributed by atoms with Crippen LogP contribution in [0.2, 0.25) is 0 Å². The summed E-state index contributed by atoms with van der Waals surface area (Å²) in [6.07, 6.45) is 3.39. The van der Waals surface area contributed by atoms with Crippen molar-refractivity contribution in [3.63, 3.8) is 0 Å². The number of hydrogen-bond acceptors (Lipinski definition) is 5. The molecule has 2 heterocycles. The van der Waals surface area contributed by atoms with Crippen LogP contribution in [0.25, 0.3) is 0 Å². The van der Waals surface area contributed by atoms with E-state index in [4.69, 9.17) is 18.0 Å². The van der Waals surface area contributed by atoms with E-state index in [2.05, 4.69) is 20.5 Å². The van der Waals surface area contributed by atoms with Gasteiger partial charge in [-0.1, -0.05) is 12.2 Å². The Hall–Kier alpha value is -2.02. The number of hydrogen-bond donors (Lipinski definition) is 2. The number of aromatic nitrogens is 4. The molecule has 2 aromatic heterocycles. The minimum atomic E-state index is 0.322. The van der Waals surface area contributed by atoms with Gasteiger partial charge < -0.3 is 15.6 Å². The largest absolute Gasteiger partial charge is 0.389 e. The minimum absolute atomic E-state index is 0.322. The molecule has 0 radical (unpaired) electrons. The van der Waals surface area contributed by atoms with Gasteiger partial charge in [-0.2, -0.15) is 0 Å². The molecule has 0 amide bonds. The summed E-state index contributed by atoms with van der Waals surface area (Å²) in [5.41, 5.74) is 6.37. The van der Waals surface area contributed by atoms with Crippen LogP contribution in [0, 0.1) is 0 Å². The average molecular weight is 262 g/mol. The van der Waals surface area contributed by atoms with Gasteiger partial charge in [-0.05, 0) is 19.1 Å². The fraction of sp³-hybridized carbons (Fsp3) is 0.273. The quantitative estimate of drug-likeness (QED) is 0.780. The summed E-state index contributed by atoms with van der Waals surface area (Å²) in [5, 5.41) is 11.1. The van der Waals surface area contributed by atoms with Crippen molar-refractivity contribution >= 4 is 23.0 Å². The van der Waals surface area contributed by atoms with Crippen LogP contribution >= 0.6 is 12.2 Å². The number of nitrogens with zero attached hydrogens (tertiary/aromatic N) is 4. The van der Waals surface area contributed by atoms with E-state index in [9.17, 15) is 0 Å². The van der Waals surface area contributed by atoms with Gasteiger partial charge in [0.2, 0.25) is 0 Å². The van der Waals surface area contributed by atoms with Crippen LogP contribution < -0.4 is 11.1 Å². The molecule has 94 valence electrons. The van der Waals surface area contributed by atoms with E-state index >= 15 is 0 Å². The highest BCUT2D eigenvalue weighted by Crippen LogP contribution is 2.12. The molecule has 3 N–H and O–H groups in total. The second kappa shape index (κ2) is 5.54. The molecule has 0 aliphatic rings. The maximum Gasteiger partial charge on any atom is 0.152 e. The predicted octanol–water partition coefficient (Wildman–Crippen LogP) is 0.939. The lowest BCUT2D eigenvalue weighted by Crippen LogP contribution is -2.15. The molecule has 7 heteroatoms. The van der Waals surface area contributed by atoms with E-state index in [1.165, 1.54) is 0 Å². The fourth-order valence-corrected chi connectivity index (χ4v) is 1.75. The van der Waals surface area contributed by atoms with Gasteiger partial charge in [0, 0.05) is 12.7 Å². The Morgan fingerprint density at radius 2 is 2.39 bits per heavy atom. The summed E-state index contributed by atoms with van der Waals surface area (Å²) >= 11 is 4.98. The van der Waals surface area contributed by atoms with Crippen LogP contribution in [0.15, 0.2) is 24.7 Å². The Labute approximate surface area is 110 Å². The van der Waals surface area contributed by atoms with Gasteiger partial charge in [0.15, 0.2) is 5.82 Å². The number of pyridine rings is 1. The number of thiocarbonyl (C=S) groups is 1. The van der Waals surface area contributed by atoms with E-state index in [-0.39, 0.29) is 0 Å². The monoisotopic (exact) mass is 262 g/mol. The highest BCUT2D eigenvalue weighted by atomic mass is 32.1. The van der Waals surface area contributed by atoms with Gasteiger partial charge >= 0.3 is 0 Å². The Balaban J connectivity index is 2.13. The van der Waals surface area contributed by atoms with Crippen LogP contribution in [0.3, 0.4) is 0 Å². The first kappa shape index (κ1) is 12.4. The van der Waals surface area contributed by atoms with Gasteiger partial charge in [0.1, 0.15) is 17.1 Å². The molecular weight excluding hydrogens is 248 g/mol. The first-order valence-electron chi connectivity index (χ1n) is 5.57. The first-order valence-corrected chi connectivity index (χ1v) is 5.98. The van der Waals surface area contributed by atoms with Crippen molar-refractivity contribution in [2.24, 2.45) is 5.73 Å². The van der Waals surface area contributed by atoms with Gasteiger partial charge in [-0.25, -0.2) is 4.98 Å². The molecular formula is C11H14N6S. The Kier molecular flexibility index (Phi) is 3.83. The molecule has 2 aromatic rings. The zero-order valence-corrected chi connectivity index (χ0v) is 10.8. The fourth-order valence-electron chi connectivity index (χ4n) is 1.59. The van der Waals surface area contributed by atoms with Crippen LogP contribution in [-0.2, 0) is 13.1 Å². The van der Waals surface area contributed by atoms with Crippen molar-refractivity contribution in [1.82, 2.24) is 19.7 Å². The average Bonchev–Trinajstić information content (AvgIpc) is 2.84. The van der Waals surface area contributed by atoms with E-state index in [0.717, 1.165) is 17.9 Å². The molecule has 18 heavy (non-hydrogen) atoms. The van der Waals surface area contributed by atoms with Crippen molar-refractivity contribution in [3.8, 4) is 0 Å². The van der Waals surface area contributed by atoms with E-state index in [1.54, 1.807) is 18.6 Å². The standard InChI is InChI=1S/C11H14N6S/c1-2-17-7-15-16-9(17)6-14-11-8(10(12)18)4-3-5-13-11/h3-5,7H,2,6H2,1H3,(H2,12,18)(H,13,14). The maximum atomic E-state index is 5.64. The van der Waals surface area contributed by atoms with Gasteiger partial charge in [-0.3, -0.25) is 0 Å². The molecule has 0 fully saturated rings. The second-order valence-electron chi connectivity index (χ2n) is 3.65. The summed E-state index contributed by atoms with van der Waals surface area (Å²) in [5.74, 6) is 1.51. The molecule has 0 spiro atoms. The molecule has 0 unspecified atom stereocenters. The number of aryl methyl sites for hydroxylation is 1. The van der Waals surface area contributed by atoms with Crippen LogP contribution in [-0.4, -0.2) is 24.7 Å². The number of anilines is 1. The lowest BCUT2D eigenvalue weighted by atomic mass is 10.2. The zero-order chi connectivity index (χ0) is 13.0. The van der Waals surface area contributed by atoms with Crippen molar-refractivity contribution in [3.05, 3.63) is 36.0 Å². The van der Waals surface area contributed by atoms with Crippen molar-refractivity contribution in [2.45, 2.75) is 20.0 Å². The Bertz CT molecular complexity index is 550. The van der Waals surface area contributed by atoms with Gasteiger partial charge in [0.05, 0.1) is 12.1 Å². The first-order chi connectivity index (χ1) is 8.72. The SMILES string of the molecule is CCn1cnnc1CNc1ncccc1C(N)=S. The van der Waals surface area contributed by atoms with E-state index in [0.29, 0.717) is 17.4 Å². The molecule has 0 aromatic carbocycles. The zero-order valence-electron chi connectivity index (χ0n) is 10.00. The molecule has 0 aliphatic carbocycles. The lowest BCUT2D eigenvalue weighted by molar-refractivity contribution is 0.707. The lowest BCUT2D eigenvalue weighted by Gasteiger charge is -2.09. The Morgan fingerprint density at radius 3 is 3.11 bits per heavy atom. The predicted molar refractivity (Wildman–Crippen MR) is 73.1 cm³/mol. The van der Waals surface area contributed by atoms with Crippen molar-refractivity contribution in [2.75, 3.05) is 5.32 Å². The summed E-state index contributed by atoms with van der Waals surface area (Å²) in [6, 6.07) is 3.64. The molecule has 6 nitrogen and oxygen atoms in total. The molecule has 2 rings (SSSR count). The van der Waals surface area contributed by atoms with E-state index < -0.39 is 0 Å². The summed E-state index contributed by atoms with van der Waals surface area (Å²) < 4.78 is 1.95. The molecule has 0 saturated carbocycles. The third-order valence-corrected chi connectivity index (χ3v) is 2.74. The number of rotatable bonds is 5. The van der Waals surface area contributed by atoms with Gasteiger partial charge in [0.25, 0.3) is 0 Å².